The molecule has 1 aliphatic rings. The van der Waals surface area contributed by atoms with Crippen LogP contribution in [0.3, 0.4) is 0 Å². The van der Waals surface area contributed by atoms with E-state index >= 15 is 0 Å². The number of anilines is 1. The third-order valence-corrected chi connectivity index (χ3v) is 3.77. The van der Waals surface area contributed by atoms with E-state index in [-0.39, 0.29) is 11.9 Å². The summed E-state index contributed by atoms with van der Waals surface area (Å²) in [5, 5.41) is 0. The molecule has 1 saturated heterocycles. The first kappa shape index (κ1) is 13.6. The zero-order chi connectivity index (χ0) is 13.1. The number of ether oxygens (including phenoxy) is 1. The molecule has 0 saturated carbocycles. The highest BCUT2D eigenvalue weighted by Crippen LogP contribution is 2.27. The van der Waals surface area contributed by atoms with Gasteiger partial charge >= 0.3 is 0 Å². The number of Topliss-reactive ketones (excluding diaryl/α,β-unsaturated/α-hetero) is 1. The molecule has 1 aliphatic heterocycles. The van der Waals surface area contributed by atoms with Crippen LogP contribution in [0.15, 0.2) is 22.7 Å². The molecule has 0 radical (unpaired) electrons. The number of ketones is 1. The van der Waals surface area contributed by atoms with Crippen molar-refractivity contribution in [2.75, 3.05) is 24.6 Å². The predicted octanol–water partition coefficient (Wildman–Crippen LogP) is 3.27. The normalized spacial score (nSPS) is 19.9. The SMILES string of the molecule is CCC1CN(c2cc(Br)ccc2C(C)=O)CCO1. The van der Waals surface area contributed by atoms with E-state index in [4.69, 9.17) is 4.74 Å². The quantitative estimate of drug-likeness (QED) is 0.802. The number of benzene rings is 1. The van der Waals surface area contributed by atoms with Gasteiger partial charge in [-0.2, -0.15) is 0 Å². The molecule has 1 heterocycles. The van der Waals surface area contributed by atoms with Gasteiger partial charge in [0.1, 0.15) is 0 Å². The van der Waals surface area contributed by atoms with Crippen LogP contribution in [0.25, 0.3) is 0 Å². The lowest BCUT2D eigenvalue weighted by molar-refractivity contribution is 0.0383. The van der Waals surface area contributed by atoms with Crippen LogP contribution in [0, 0.1) is 0 Å². The zero-order valence-corrected chi connectivity index (χ0v) is 12.4. The summed E-state index contributed by atoms with van der Waals surface area (Å²) in [6.45, 7) is 6.16. The summed E-state index contributed by atoms with van der Waals surface area (Å²) in [7, 11) is 0. The van der Waals surface area contributed by atoms with Crippen molar-refractivity contribution >= 4 is 27.4 Å². The molecule has 1 fully saturated rings. The number of halogens is 1. The fourth-order valence-electron chi connectivity index (χ4n) is 2.25. The second-order valence-corrected chi connectivity index (χ2v) is 5.48. The highest BCUT2D eigenvalue weighted by atomic mass is 79.9. The molecular formula is C14H18BrNO2. The third-order valence-electron chi connectivity index (χ3n) is 3.27. The molecule has 0 aliphatic carbocycles. The molecule has 98 valence electrons. The Hall–Kier alpha value is -0.870. The highest BCUT2D eigenvalue weighted by Gasteiger charge is 2.22. The predicted molar refractivity (Wildman–Crippen MR) is 76.4 cm³/mol. The first-order valence-electron chi connectivity index (χ1n) is 6.29. The summed E-state index contributed by atoms with van der Waals surface area (Å²) in [4.78, 5) is 13.9. The van der Waals surface area contributed by atoms with Gasteiger partial charge < -0.3 is 9.64 Å². The zero-order valence-electron chi connectivity index (χ0n) is 10.8. The summed E-state index contributed by atoms with van der Waals surface area (Å²) >= 11 is 3.48. The molecular weight excluding hydrogens is 294 g/mol. The van der Waals surface area contributed by atoms with Crippen LogP contribution >= 0.6 is 15.9 Å². The Bertz CT molecular complexity index is 447. The van der Waals surface area contributed by atoms with E-state index in [1.807, 2.05) is 18.2 Å². The number of morpholine rings is 1. The maximum atomic E-state index is 11.7. The van der Waals surface area contributed by atoms with Crippen LogP contribution in [-0.4, -0.2) is 31.6 Å². The van der Waals surface area contributed by atoms with E-state index in [1.54, 1.807) is 6.92 Å². The molecule has 2 rings (SSSR count). The Kier molecular flexibility index (Phi) is 4.40. The molecule has 0 amide bonds. The number of hydrogen-bond acceptors (Lipinski definition) is 3. The second-order valence-electron chi connectivity index (χ2n) is 4.56. The average Bonchev–Trinajstić information content (AvgIpc) is 2.38. The summed E-state index contributed by atoms with van der Waals surface area (Å²) in [6.07, 6.45) is 1.26. The van der Waals surface area contributed by atoms with E-state index in [1.165, 1.54) is 0 Å². The topological polar surface area (TPSA) is 29.5 Å². The van der Waals surface area contributed by atoms with Gasteiger partial charge in [-0.15, -0.1) is 0 Å². The van der Waals surface area contributed by atoms with Crippen LogP contribution in [0.4, 0.5) is 5.69 Å². The molecule has 1 unspecified atom stereocenters. The van der Waals surface area contributed by atoms with Crippen molar-refractivity contribution in [3.8, 4) is 0 Å². The lowest BCUT2D eigenvalue weighted by Gasteiger charge is -2.35. The van der Waals surface area contributed by atoms with Crippen LogP contribution in [-0.2, 0) is 4.74 Å². The van der Waals surface area contributed by atoms with Gasteiger partial charge in [-0.05, 0) is 31.5 Å². The van der Waals surface area contributed by atoms with E-state index in [0.29, 0.717) is 0 Å². The smallest absolute Gasteiger partial charge is 0.161 e. The Morgan fingerprint density at radius 3 is 3.00 bits per heavy atom. The van der Waals surface area contributed by atoms with Crippen molar-refractivity contribution in [1.82, 2.24) is 0 Å². The molecule has 1 atom stereocenters. The minimum Gasteiger partial charge on any atom is -0.375 e. The Labute approximate surface area is 116 Å². The van der Waals surface area contributed by atoms with E-state index in [0.717, 1.165) is 41.8 Å². The van der Waals surface area contributed by atoms with Gasteiger partial charge in [-0.3, -0.25) is 4.79 Å². The van der Waals surface area contributed by atoms with Crippen molar-refractivity contribution in [1.29, 1.82) is 0 Å². The monoisotopic (exact) mass is 311 g/mol. The standard InChI is InChI=1S/C14H18BrNO2/c1-3-12-9-16(6-7-18-12)14-8-11(15)4-5-13(14)10(2)17/h4-5,8,12H,3,6-7,9H2,1-2H3. The maximum absolute atomic E-state index is 11.7. The lowest BCUT2D eigenvalue weighted by Crippen LogP contribution is -2.42. The van der Waals surface area contributed by atoms with Crippen LogP contribution in [0.2, 0.25) is 0 Å². The van der Waals surface area contributed by atoms with Gasteiger partial charge in [-0.25, -0.2) is 0 Å². The summed E-state index contributed by atoms with van der Waals surface area (Å²) in [5.74, 6) is 0.108. The van der Waals surface area contributed by atoms with E-state index in [9.17, 15) is 4.79 Å². The number of hydrogen-bond donors (Lipinski definition) is 0. The van der Waals surface area contributed by atoms with Crippen LogP contribution < -0.4 is 4.90 Å². The molecule has 1 aromatic carbocycles. The van der Waals surface area contributed by atoms with Gasteiger partial charge in [0.25, 0.3) is 0 Å². The fourth-order valence-corrected chi connectivity index (χ4v) is 2.60. The number of nitrogens with zero attached hydrogens (tertiary/aromatic N) is 1. The minimum atomic E-state index is 0.108. The van der Waals surface area contributed by atoms with Crippen molar-refractivity contribution in [2.45, 2.75) is 26.4 Å². The summed E-state index contributed by atoms with van der Waals surface area (Å²) in [5.41, 5.74) is 1.80. The van der Waals surface area contributed by atoms with Gasteiger partial charge in [-0.1, -0.05) is 22.9 Å². The van der Waals surface area contributed by atoms with Crippen molar-refractivity contribution < 1.29 is 9.53 Å². The summed E-state index contributed by atoms with van der Waals surface area (Å²) < 4.78 is 6.67. The molecule has 3 nitrogen and oxygen atoms in total. The van der Waals surface area contributed by atoms with Crippen LogP contribution in [0.1, 0.15) is 30.6 Å². The Morgan fingerprint density at radius 2 is 2.33 bits per heavy atom. The van der Waals surface area contributed by atoms with E-state index < -0.39 is 0 Å². The van der Waals surface area contributed by atoms with Gasteiger partial charge in [0.05, 0.1) is 12.7 Å². The molecule has 0 N–H and O–H groups in total. The summed E-state index contributed by atoms with van der Waals surface area (Å²) in [6, 6.07) is 5.82. The molecule has 4 heteroatoms. The average molecular weight is 312 g/mol. The fraction of sp³-hybridized carbons (Fsp3) is 0.500. The maximum Gasteiger partial charge on any atom is 0.161 e. The Morgan fingerprint density at radius 1 is 1.56 bits per heavy atom. The molecule has 1 aromatic rings. The third kappa shape index (κ3) is 2.93. The first-order chi connectivity index (χ1) is 8.61. The molecule has 0 spiro atoms. The Balaban J connectivity index is 2.31. The number of carbonyl (C=O) groups excluding carboxylic acids is 1. The largest absolute Gasteiger partial charge is 0.375 e. The molecule has 0 aromatic heterocycles. The van der Waals surface area contributed by atoms with E-state index in [2.05, 4.69) is 27.8 Å². The highest BCUT2D eigenvalue weighted by molar-refractivity contribution is 9.10. The number of carbonyl (C=O) groups is 1. The molecule has 18 heavy (non-hydrogen) atoms. The van der Waals surface area contributed by atoms with Crippen molar-refractivity contribution in [3.63, 3.8) is 0 Å². The lowest BCUT2D eigenvalue weighted by atomic mass is 10.1. The molecule has 0 bridgehead atoms. The van der Waals surface area contributed by atoms with Gasteiger partial charge in [0.15, 0.2) is 5.78 Å². The van der Waals surface area contributed by atoms with Crippen molar-refractivity contribution in [2.24, 2.45) is 0 Å². The van der Waals surface area contributed by atoms with Crippen LogP contribution in [0.5, 0.6) is 0 Å². The second kappa shape index (κ2) is 5.85. The van der Waals surface area contributed by atoms with Gasteiger partial charge in [0.2, 0.25) is 0 Å². The first-order valence-corrected chi connectivity index (χ1v) is 7.08. The van der Waals surface area contributed by atoms with Crippen molar-refractivity contribution in [3.05, 3.63) is 28.2 Å². The minimum absolute atomic E-state index is 0.108. The van der Waals surface area contributed by atoms with Gasteiger partial charge in [0, 0.05) is 28.8 Å². The number of rotatable bonds is 3.